The number of likely N-dealkylation sites (N-methyl/N-ethyl adjacent to an activating group) is 1. The van der Waals surface area contributed by atoms with Crippen molar-refractivity contribution in [2.45, 2.75) is 32.4 Å². The Labute approximate surface area is 118 Å². The number of aryl methyl sites for hydroxylation is 1. The first-order chi connectivity index (χ1) is 9.28. The Morgan fingerprint density at radius 2 is 2.37 bits per heavy atom. The van der Waals surface area contributed by atoms with E-state index in [2.05, 4.69) is 34.1 Å². The molecule has 0 saturated heterocycles. The second-order valence-electron chi connectivity index (χ2n) is 4.47. The number of thiophene rings is 1. The third kappa shape index (κ3) is 3.36. The highest BCUT2D eigenvalue weighted by Crippen LogP contribution is 2.28. The van der Waals surface area contributed by atoms with Gasteiger partial charge in [-0.25, -0.2) is 4.98 Å². The summed E-state index contributed by atoms with van der Waals surface area (Å²) in [6, 6.07) is 2.38. The molecule has 0 aliphatic heterocycles. The minimum absolute atomic E-state index is 0.284. The number of rotatable bonds is 7. The summed E-state index contributed by atoms with van der Waals surface area (Å²) in [7, 11) is 3.69. The zero-order valence-electron chi connectivity index (χ0n) is 11.7. The fourth-order valence-corrected chi connectivity index (χ4v) is 3.09. The van der Waals surface area contributed by atoms with Crippen LogP contribution in [-0.2, 0) is 13.0 Å². The van der Waals surface area contributed by atoms with Crippen molar-refractivity contribution in [1.29, 1.82) is 0 Å². The van der Waals surface area contributed by atoms with Crippen molar-refractivity contribution in [2.75, 3.05) is 14.2 Å². The first-order valence-electron chi connectivity index (χ1n) is 6.58. The zero-order valence-corrected chi connectivity index (χ0v) is 12.5. The first kappa shape index (κ1) is 14.1. The van der Waals surface area contributed by atoms with Gasteiger partial charge in [-0.05, 0) is 19.5 Å². The van der Waals surface area contributed by atoms with E-state index in [1.807, 2.05) is 18.6 Å². The molecule has 4 nitrogen and oxygen atoms in total. The fourth-order valence-electron chi connectivity index (χ4n) is 2.13. The summed E-state index contributed by atoms with van der Waals surface area (Å²) in [6.07, 6.45) is 5.96. The molecule has 0 aliphatic rings. The number of imidazole rings is 1. The van der Waals surface area contributed by atoms with Crippen LogP contribution in [0.25, 0.3) is 0 Å². The molecule has 0 bridgehead atoms. The molecule has 5 heteroatoms. The van der Waals surface area contributed by atoms with Crippen LogP contribution in [-0.4, -0.2) is 23.7 Å². The Morgan fingerprint density at radius 3 is 3.00 bits per heavy atom. The maximum Gasteiger partial charge on any atom is 0.129 e. The second kappa shape index (κ2) is 6.73. The molecule has 1 N–H and O–H groups in total. The molecule has 0 aromatic carbocycles. The molecule has 2 aromatic rings. The number of nitrogens with zero attached hydrogens (tertiary/aromatic N) is 2. The van der Waals surface area contributed by atoms with Gasteiger partial charge in [0.05, 0.1) is 7.11 Å². The van der Waals surface area contributed by atoms with Gasteiger partial charge in [0.25, 0.3) is 0 Å². The molecule has 0 fully saturated rings. The average Bonchev–Trinajstić information content (AvgIpc) is 3.05. The van der Waals surface area contributed by atoms with E-state index < -0.39 is 0 Å². The summed E-state index contributed by atoms with van der Waals surface area (Å²) in [4.78, 5) is 5.75. The maximum atomic E-state index is 5.25. The van der Waals surface area contributed by atoms with Gasteiger partial charge in [-0.3, -0.25) is 0 Å². The number of nitrogens with one attached hydrogen (secondary N) is 1. The Bertz CT molecular complexity index is 506. The van der Waals surface area contributed by atoms with Crippen molar-refractivity contribution in [2.24, 2.45) is 0 Å². The smallest absolute Gasteiger partial charge is 0.129 e. The van der Waals surface area contributed by atoms with Gasteiger partial charge in [-0.1, -0.05) is 6.92 Å². The van der Waals surface area contributed by atoms with E-state index in [1.165, 1.54) is 4.88 Å². The lowest BCUT2D eigenvalue weighted by atomic mass is 10.1. The maximum absolute atomic E-state index is 5.25. The Balaban J connectivity index is 2.12. The van der Waals surface area contributed by atoms with E-state index in [-0.39, 0.29) is 6.04 Å². The summed E-state index contributed by atoms with van der Waals surface area (Å²) < 4.78 is 7.48. The van der Waals surface area contributed by atoms with Crippen molar-refractivity contribution in [3.8, 4) is 5.75 Å². The third-order valence-corrected chi connectivity index (χ3v) is 4.20. The van der Waals surface area contributed by atoms with Crippen molar-refractivity contribution in [1.82, 2.24) is 14.9 Å². The van der Waals surface area contributed by atoms with Gasteiger partial charge in [0.15, 0.2) is 0 Å². The van der Waals surface area contributed by atoms with Crippen LogP contribution < -0.4 is 10.1 Å². The molecule has 2 rings (SSSR count). The van der Waals surface area contributed by atoms with Crippen molar-refractivity contribution in [3.05, 3.63) is 34.5 Å². The zero-order chi connectivity index (χ0) is 13.7. The van der Waals surface area contributed by atoms with Crippen LogP contribution in [0.3, 0.4) is 0 Å². The summed E-state index contributed by atoms with van der Waals surface area (Å²) in [5.74, 6) is 2.06. The van der Waals surface area contributed by atoms with E-state index in [1.54, 1.807) is 18.4 Å². The molecule has 0 amide bonds. The molecular formula is C14H21N3OS. The van der Waals surface area contributed by atoms with Gasteiger partial charge in [0.1, 0.15) is 11.6 Å². The molecular weight excluding hydrogens is 258 g/mol. The molecule has 0 spiro atoms. The Hall–Kier alpha value is -1.33. The van der Waals surface area contributed by atoms with Gasteiger partial charge in [-0.15, -0.1) is 11.3 Å². The van der Waals surface area contributed by atoms with Crippen molar-refractivity contribution < 1.29 is 4.74 Å². The lowest BCUT2D eigenvalue weighted by Gasteiger charge is -2.15. The van der Waals surface area contributed by atoms with E-state index in [0.29, 0.717) is 0 Å². The largest absolute Gasteiger partial charge is 0.496 e. The van der Waals surface area contributed by atoms with Crippen molar-refractivity contribution >= 4 is 11.3 Å². The monoisotopic (exact) mass is 279 g/mol. The number of methoxy groups -OCH3 is 1. The molecule has 1 atom stereocenters. The predicted molar refractivity (Wildman–Crippen MR) is 78.9 cm³/mol. The second-order valence-corrected chi connectivity index (χ2v) is 5.41. The number of hydrogen-bond donors (Lipinski definition) is 1. The number of hydrogen-bond acceptors (Lipinski definition) is 4. The molecule has 19 heavy (non-hydrogen) atoms. The summed E-state index contributed by atoms with van der Waals surface area (Å²) in [5, 5.41) is 5.40. The molecule has 104 valence electrons. The van der Waals surface area contributed by atoms with Gasteiger partial charge < -0.3 is 14.6 Å². The fraction of sp³-hybridized carbons (Fsp3) is 0.500. The highest BCUT2D eigenvalue weighted by atomic mass is 32.1. The SMILES string of the molecule is CCCn1ccnc1CC(NC)c1cc(OC)cs1. The molecule has 2 aromatic heterocycles. The van der Waals surface area contributed by atoms with Crippen LogP contribution in [0.5, 0.6) is 5.75 Å². The van der Waals surface area contributed by atoms with Gasteiger partial charge in [0, 0.05) is 41.7 Å². The predicted octanol–water partition coefficient (Wildman–Crippen LogP) is 2.87. The minimum Gasteiger partial charge on any atom is -0.496 e. The normalized spacial score (nSPS) is 12.6. The summed E-state index contributed by atoms with van der Waals surface area (Å²) in [5.41, 5.74) is 0. The van der Waals surface area contributed by atoms with Crippen LogP contribution in [0.15, 0.2) is 23.8 Å². The van der Waals surface area contributed by atoms with E-state index in [4.69, 9.17) is 4.74 Å². The van der Waals surface area contributed by atoms with Crippen LogP contribution >= 0.6 is 11.3 Å². The van der Waals surface area contributed by atoms with Gasteiger partial charge in [-0.2, -0.15) is 0 Å². The van der Waals surface area contributed by atoms with Crippen LogP contribution in [0.2, 0.25) is 0 Å². The van der Waals surface area contributed by atoms with Gasteiger partial charge >= 0.3 is 0 Å². The average molecular weight is 279 g/mol. The van der Waals surface area contributed by atoms with E-state index in [9.17, 15) is 0 Å². The Kier molecular flexibility index (Phi) is 4.99. The molecule has 0 radical (unpaired) electrons. The molecule has 0 saturated carbocycles. The quantitative estimate of drug-likeness (QED) is 0.847. The minimum atomic E-state index is 0.284. The van der Waals surface area contributed by atoms with E-state index >= 15 is 0 Å². The third-order valence-electron chi connectivity index (χ3n) is 3.18. The van der Waals surface area contributed by atoms with E-state index in [0.717, 1.165) is 31.0 Å². The molecule has 2 heterocycles. The lowest BCUT2D eigenvalue weighted by Crippen LogP contribution is -2.20. The number of aromatic nitrogens is 2. The van der Waals surface area contributed by atoms with Gasteiger partial charge in [0.2, 0.25) is 0 Å². The molecule has 1 unspecified atom stereocenters. The van der Waals surface area contributed by atoms with Crippen molar-refractivity contribution in [3.63, 3.8) is 0 Å². The lowest BCUT2D eigenvalue weighted by molar-refractivity contribution is 0.416. The first-order valence-corrected chi connectivity index (χ1v) is 7.46. The van der Waals surface area contributed by atoms with Crippen LogP contribution in [0, 0.1) is 0 Å². The highest BCUT2D eigenvalue weighted by Gasteiger charge is 2.15. The highest BCUT2D eigenvalue weighted by molar-refractivity contribution is 7.10. The molecule has 0 aliphatic carbocycles. The Morgan fingerprint density at radius 1 is 1.53 bits per heavy atom. The standard InChI is InChI=1S/C14H21N3OS/c1-4-6-17-7-5-16-14(17)9-12(15-2)13-8-11(18-3)10-19-13/h5,7-8,10,12,15H,4,6,9H2,1-3H3. The summed E-state index contributed by atoms with van der Waals surface area (Å²) in [6.45, 7) is 3.21. The summed E-state index contributed by atoms with van der Waals surface area (Å²) >= 11 is 1.72. The van der Waals surface area contributed by atoms with Crippen LogP contribution in [0.4, 0.5) is 0 Å². The number of ether oxygens (including phenoxy) is 1. The topological polar surface area (TPSA) is 39.1 Å². The van der Waals surface area contributed by atoms with Crippen LogP contribution in [0.1, 0.15) is 30.1 Å².